The Morgan fingerprint density at radius 1 is 1.55 bits per heavy atom. The fourth-order valence-corrected chi connectivity index (χ4v) is 1.92. The van der Waals surface area contributed by atoms with Crippen molar-refractivity contribution in [2.75, 3.05) is 12.4 Å². The lowest BCUT2D eigenvalue weighted by molar-refractivity contribution is -0.117. The van der Waals surface area contributed by atoms with Crippen LogP contribution in [-0.2, 0) is 4.79 Å². The molecule has 0 aliphatic carbocycles. The predicted octanol–water partition coefficient (Wildman–Crippen LogP) is 1.47. The standard InChI is InChI=1S/C8H16O2S/c1-7(10)6-8(2,3)11-5-4-9/h9H,4-6H2,1-3H3. The molecule has 0 amide bonds. The van der Waals surface area contributed by atoms with Crippen LogP contribution in [0.15, 0.2) is 0 Å². The Balaban J connectivity index is 3.70. The lowest BCUT2D eigenvalue weighted by Crippen LogP contribution is -2.19. The summed E-state index contributed by atoms with van der Waals surface area (Å²) >= 11 is 1.64. The normalized spacial score (nSPS) is 11.6. The van der Waals surface area contributed by atoms with Gasteiger partial charge < -0.3 is 5.11 Å². The molecule has 0 unspecified atom stereocenters. The van der Waals surface area contributed by atoms with E-state index >= 15 is 0 Å². The van der Waals surface area contributed by atoms with Crippen LogP contribution in [-0.4, -0.2) is 28.0 Å². The second kappa shape index (κ2) is 4.78. The van der Waals surface area contributed by atoms with E-state index in [2.05, 4.69) is 0 Å². The first-order valence-electron chi connectivity index (χ1n) is 3.72. The lowest BCUT2D eigenvalue weighted by atomic mass is 10.1. The third-order valence-electron chi connectivity index (χ3n) is 1.26. The van der Waals surface area contributed by atoms with Crippen molar-refractivity contribution < 1.29 is 9.90 Å². The molecule has 0 saturated carbocycles. The minimum atomic E-state index is -0.0193. The molecule has 11 heavy (non-hydrogen) atoms. The van der Waals surface area contributed by atoms with Crippen LogP contribution in [0, 0.1) is 0 Å². The summed E-state index contributed by atoms with van der Waals surface area (Å²) in [5.41, 5.74) is 0. The van der Waals surface area contributed by atoms with Gasteiger partial charge in [-0.2, -0.15) is 11.8 Å². The number of Topliss-reactive ketones (excluding diaryl/α,β-unsaturated/α-hetero) is 1. The fourth-order valence-electron chi connectivity index (χ4n) is 0.972. The molecule has 0 aromatic heterocycles. The van der Waals surface area contributed by atoms with Gasteiger partial charge in [0.15, 0.2) is 0 Å². The van der Waals surface area contributed by atoms with E-state index in [0.29, 0.717) is 12.2 Å². The SMILES string of the molecule is CC(=O)CC(C)(C)SCCO. The largest absolute Gasteiger partial charge is 0.396 e. The number of thioether (sulfide) groups is 1. The number of aliphatic hydroxyl groups is 1. The summed E-state index contributed by atoms with van der Waals surface area (Å²) in [7, 11) is 0. The topological polar surface area (TPSA) is 37.3 Å². The molecule has 0 radical (unpaired) electrons. The van der Waals surface area contributed by atoms with E-state index in [0.717, 1.165) is 0 Å². The molecule has 0 atom stereocenters. The molecule has 0 aliphatic heterocycles. The third kappa shape index (κ3) is 6.38. The molecule has 0 spiro atoms. The molecular formula is C8H16O2S. The Bertz CT molecular complexity index is 132. The van der Waals surface area contributed by atoms with E-state index in [9.17, 15) is 4.79 Å². The monoisotopic (exact) mass is 176 g/mol. The smallest absolute Gasteiger partial charge is 0.131 e. The number of hydrogen-bond donors (Lipinski definition) is 1. The van der Waals surface area contributed by atoms with Crippen LogP contribution in [0.5, 0.6) is 0 Å². The first-order chi connectivity index (χ1) is 4.98. The van der Waals surface area contributed by atoms with Crippen LogP contribution < -0.4 is 0 Å². The van der Waals surface area contributed by atoms with Crippen LogP contribution >= 0.6 is 11.8 Å². The van der Waals surface area contributed by atoms with Crippen LogP contribution in [0.4, 0.5) is 0 Å². The molecule has 3 heteroatoms. The molecule has 0 rings (SSSR count). The van der Waals surface area contributed by atoms with Gasteiger partial charge in [0.1, 0.15) is 5.78 Å². The van der Waals surface area contributed by atoms with Crippen molar-refractivity contribution in [2.24, 2.45) is 0 Å². The van der Waals surface area contributed by atoms with Gasteiger partial charge in [-0.1, -0.05) is 13.8 Å². The maximum atomic E-state index is 10.7. The van der Waals surface area contributed by atoms with Gasteiger partial charge in [0, 0.05) is 16.9 Å². The van der Waals surface area contributed by atoms with Crippen LogP contribution in [0.3, 0.4) is 0 Å². The van der Waals surface area contributed by atoms with Crippen molar-refractivity contribution >= 4 is 17.5 Å². The zero-order valence-corrected chi connectivity index (χ0v) is 8.20. The van der Waals surface area contributed by atoms with Crippen molar-refractivity contribution in [3.05, 3.63) is 0 Å². The summed E-state index contributed by atoms with van der Waals surface area (Å²) in [6, 6.07) is 0. The molecule has 0 saturated heterocycles. The van der Waals surface area contributed by atoms with Gasteiger partial charge in [-0.3, -0.25) is 4.79 Å². The zero-order chi connectivity index (χ0) is 8.91. The van der Waals surface area contributed by atoms with Gasteiger partial charge in [-0.25, -0.2) is 0 Å². The number of aliphatic hydroxyl groups excluding tert-OH is 1. The molecule has 1 N–H and O–H groups in total. The molecule has 0 heterocycles. The number of carbonyl (C=O) groups excluding carboxylic acids is 1. The highest BCUT2D eigenvalue weighted by atomic mass is 32.2. The summed E-state index contributed by atoms with van der Waals surface area (Å²) in [6.45, 7) is 5.83. The highest BCUT2D eigenvalue weighted by molar-refractivity contribution is 8.00. The van der Waals surface area contributed by atoms with Gasteiger partial charge in [-0.05, 0) is 6.92 Å². The van der Waals surface area contributed by atoms with Crippen molar-refractivity contribution in [2.45, 2.75) is 31.9 Å². The maximum absolute atomic E-state index is 10.7. The van der Waals surface area contributed by atoms with E-state index in [1.807, 2.05) is 13.8 Å². The Hall–Kier alpha value is -0.0200. The molecule has 0 aliphatic rings. The maximum Gasteiger partial charge on any atom is 0.131 e. The van der Waals surface area contributed by atoms with Gasteiger partial charge >= 0.3 is 0 Å². The molecule has 2 nitrogen and oxygen atoms in total. The van der Waals surface area contributed by atoms with Crippen molar-refractivity contribution in [3.63, 3.8) is 0 Å². The minimum absolute atomic E-state index is 0.0193. The average Bonchev–Trinajstić information content (AvgIpc) is 1.81. The first-order valence-corrected chi connectivity index (χ1v) is 4.71. The summed E-state index contributed by atoms with van der Waals surface area (Å²) in [5.74, 6) is 0.917. The van der Waals surface area contributed by atoms with Crippen molar-refractivity contribution in [1.82, 2.24) is 0 Å². The fraction of sp³-hybridized carbons (Fsp3) is 0.875. The Morgan fingerprint density at radius 3 is 2.45 bits per heavy atom. The summed E-state index contributed by atoms with van der Waals surface area (Å²) in [6.07, 6.45) is 0.581. The highest BCUT2D eigenvalue weighted by Gasteiger charge is 2.19. The van der Waals surface area contributed by atoms with E-state index in [-0.39, 0.29) is 17.1 Å². The predicted molar refractivity (Wildman–Crippen MR) is 48.9 cm³/mol. The summed E-state index contributed by atoms with van der Waals surface area (Å²) in [4.78, 5) is 10.7. The van der Waals surface area contributed by atoms with E-state index in [1.54, 1.807) is 18.7 Å². The number of ketones is 1. The minimum Gasteiger partial charge on any atom is -0.396 e. The van der Waals surface area contributed by atoms with E-state index < -0.39 is 0 Å². The molecular weight excluding hydrogens is 160 g/mol. The Morgan fingerprint density at radius 2 is 2.09 bits per heavy atom. The first kappa shape index (κ1) is 11.0. The number of hydrogen-bond acceptors (Lipinski definition) is 3. The molecule has 0 fully saturated rings. The average molecular weight is 176 g/mol. The molecule has 0 aromatic rings. The van der Waals surface area contributed by atoms with Gasteiger partial charge in [-0.15, -0.1) is 0 Å². The van der Waals surface area contributed by atoms with Crippen molar-refractivity contribution in [3.8, 4) is 0 Å². The second-order valence-corrected chi connectivity index (χ2v) is 5.01. The zero-order valence-electron chi connectivity index (χ0n) is 7.39. The van der Waals surface area contributed by atoms with Gasteiger partial charge in [0.2, 0.25) is 0 Å². The lowest BCUT2D eigenvalue weighted by Gasteiger charge is -2.21. The Kier molecular flexibility index (Phi) is 4.77. The van der Waals surface area contributed by atoms with E-state index in [4.69, 9.17) is 5.11 Å². The summed E-state index contributed by atoms with van der Waals surface area (Å²) in [5, 5.41) is 8.56. The number of rotatable bonds is 5. The van der Waals surface area contributed by atoms with E-state index in [1.165, 1.54) is 0 Å². The van der Waals surface area contributed by atoms with Gasteiger partial charge in [0.25, 0.3) is 0 Å². The van der Waals surface area contributed by atoms with Crippen molar-refractivity contribution in [1.29, 1.82) is 0 Å². The van der Waals surface area contributed by atoms with Crippen LogP contribution in [0.1, 0.15) is 27.2 Å². The van der Waals surface area contributed by atoms with Gasteiger partial charge in [0.05, 0.1) is 6.61 Å². The van der Waals surface area contributed by atoms with Crippen LogP contribution in [0.25, 0.3) is 0 Å². The molecule has 66 valence electrons. The summed E-state index contributed by atoms with van der Waals surface area (Å²) < 4.78 is -0.0193. The number of carbonyl (C=O) groups is 1. The molecule has 0 bridgehead atoms. The molecule has 0 aromatic carbocycles. The second-order valence-electron chi connectivity index (χ2n) is 3.21. The van der Waals surface area contributed by atoms with Crippen LogP contribution in [0.2, 0.25) is 0 Å². The quantitative estimate of drug-likeness (QED) is 0.689. The third-order valence-corrected chi connectivity index (χ3v) is 2.57. The Labute approximate surface area is 72.4 Å². The highest BCUT2D eigenvalue weighted by Crippen LogP contribution is 2.27.